The Hall–Kier alpha value is -1.61. The average Bonchev–Trinajstić information content (AvgIpc) is 2.17. The summed E-state index contributed by atoms with van der Waals surface area (Å²) in [5.74, 6) is 0.239. The largest absolute Gasteiger partial charge is 0.507 e. The molecule has 0 saturated heterocycles. The van der Waals surface area contributed by atoms with Gasteiger partial charge in [0.25, 0.3) is 0 Å². The number of aromatic nitrogens is 1. The second-order valence-electron chi connectivity index (χ2n) is 3.36. The molecule has 3 N–H and O–H groups in total. The van der Waals surface area contributed by atoms with Gasteiger partial charge in [-0.3, -0.25) is 4.98 Å². The Morgan fingerprint density at radius 2 is 2.14 bits per heavy atom. The fraction of sp³-hybridized carbons (Fsp3) is 0.182. The number of hydrogen-bond donors (Lipinski definition) is 2. The zero-order chi connectivity index (χ0) is 10.1. The molecule has 0 spiro atoms. The van der Waals surface area contributed by atoms with Gasteiger partial charge >= 0.3 is 0 Å². The SMILES string of the molecule is CC(N)c1nccc2cccc(O)c12. The first-order valence-corrected chi connectivity index (χ1v) is 4.52. The Morgan fingerprint density at radius 1 is 1.36 bits per heavy atom. The Kier molecular flexibility index (Phi) is 2.09. The quantitative estimate of drug-likeness (QED) is 0.719. The molecule has 0 aliphatic heterocycles. The smallest absolute Gasteiger partial charge is 0.125 e. The van der Waals surface area contributed by atoms with E-state index in [2.05, 4.69) is 4.98 Å². The maximum absolute atomic E-state index is 9.71. The first-order valence-electron chi connectivity index (χ1n) is 4.52. The molecule has 14 heavy (non-hydrogen) atoms. The summed E-state index contributed by atoms with van der Waals surface area (Å²) in [6.45, 7) is 1.86. The molecule has 2 rings (SSSR count). The van der Waals surface area contributed by atoms with Gasteiger partial charge < -0.3 is 10.8 Å². The maximum Gasteiger partial charge on any atom is 0.125 e. The van der Waals surface area contributed by atoms with Crippen molar-refractivity contribution in [1.29, 1.82) is 0 Å². The van der Waals surface area contributed by atoms with Crippen molar-refractivity contribution in [3.63, 3.8) is 0 Å². The fourth-order valence-corrected chi connectivity index (χ4v) is 1.58. The first kappa shape index (κ1) is 8.97. The first-order chi connectivity index (χ1) is 6.70. The number of aromatic hydroxyl groups is 1. The van der Waals surface area contributed by atoms with Gasteiger partial charge in [0.15, 0.2) is 0 Å². The molecule has 1 unspecified atom stereocenters. The summed E-state index contributed by atoms with van der Waals surface area (Å²) in [6, 6.07) is 7.08. The number of phenolic OH excluding ortho intramolecular Hbond substituents is 1. The molecule has 1 aromatic carbocycles. The minimum atomic E-state index is -0.174. The van der Waals surface area contributed by atoms with Gasteiger partial charge in [-0.2, -0.15) is 0 Å². The standard InChI is InChI=1S/C11H12N2O/c1-7(12)11-10-8(5-6-13-11)3-2-4-9(10)14/h2-7,14H,12H2,1H3. The van der Waals surface area contributed by atoms with Gasteiger partial charge in [0, 0.05) is 17.6 Å². The Bertz CT molecular complexity index is 461. The highest BCUT2D eigenvalue weighted by atomic mass is 16.3. The van der Waals surface area contributed by atoms with E-state index in [-0.39, 0.29) is 11.8 Å². The molecule has 0 bridgehead atoms. The number of rotatable bonds is 1. The number of nitrogens with two attached hydrogens (primary N) is 1. The summed E-state index contributed by atoms with van der Waals surface area (Å²) in [7, 11) is 0. The van der Waals surface area contributed by atoms with Crippen molar-refractivity contribution in [3.05, 3.63) is 36.2 Å². The Morgan fingerprint density at radius 3 is 2.86 bits per heavy atom. The van der Waals surface area contributed by atoms with Crippen LogP contribution in [-0.2, 0) is 0 Å². The third-order valence-electron chi connectivity index (χ3n) is 2.23. The predicted molar refractivity (Wildman–Crippen MR) is 56.0 cm³/mol. The monoisotopic (exact) mass is 188 g/mol. The van der Waals surface area contributed by atoms with Crippen LogP contribution in [0, 0.1) is 0 Å². The van der Waals surface area contributed by atoms with Crippen molar-refractivity contribution < 1.29 is 5.11 Å². The summed E-state index contributed by atoms with van der Waals surface area (Å²) in [5.41, 5.74) is 6.51. The third kappa shape index (κ3) is 1.32. The molecular formula is C11H12N2O. The lowest BCUT2D eigenvalue weighted by Crippen LogP contribution is -2.07. The minimum Gasteiger partial charge on any atom is -0.507 e. The van der Waals surface area contributed by atoms with Gasteiger partial charge in [0.2, 0.25) is 0 Å². The molecule has 0 fully saturated rings. The number of hydrogen-bond acceptors (Lipinski definition) is 3. The van der Waals surface area contributed by atoms with Crippen LogP contribution in [0.5, 0.6) is 5.75 Å². The molecule has 0 radical (unpaired) electrons. The van der Waals surface area contributed by atoms with Gasteiger partial charge in [0.05, 0.1) is 5.69 Å². The molecule has 1 atom stereocenters. The molecule has 2 aromatic rings. The molecule has 0 amide bonds. The topological polar surface area (TPSA) is 59.1 Å². The van der Waals surface area contributed by atoms with E-state index in [1.165, 1.54) is 0 Å². The van der Waals surface area contributed by atoms with Crippen LogP contribution in [0.1, 0.15) is 18.7 Å². The van der Waals surface area contributed by atoms with E-state index in [1.54, 1.807) is 12.3 Å². The van der Waals surface area contributed by atoms with E-state index in [9.17, 15) is 5.11 Å². The van der Waals surface area contributed by atoms with Crippen LogP contribution < -0.4 is 5.73 Å². The van der Waals surface area contributed by atoms with Crippen LogP contribution in [-0.4, -0.2) is 10.1 Å². The molecule has 72 valence electrons. The normalized spacial score (nSPS) is 13.0. The lowest BCUT2D eigenvalue weighted by molar-refractivity contribution is 0.480. The van der Waals surface area contributed by atoms with Gasteiger partial charge in [-0.25, -0.2) is 0 Å². The summed E-state index contributed by atoms with van der Waals surface area (Å²) in [5, 5.41) is 11.4. The number of pyridine rings is 1. The molecule has 0 aliphatic rings. The molecule has 3 nitrogen and oxygen atoms in total. The zero-order valence-corrected chi connectivity index (χ0v) is 7.94. The lowest BCUT2D eigenvalue weighted by Gasteiger charge is -2.09. The van der Waals surface area contributed by atoms with Crippen molar-refractivity contribution >= 4 is 10.8 Å². The summed E-state index contributed by atoms with van der Waals surface area (Å²) < 4.78 is 0. The van der Waals surface area contributed by atoms with E-state index < -0.39 is 0 Å². The highest BCUT2D eigenvalue weighted by molar-refractivity contribution is 5.90. The molecule has 1 aromatic heterocycles. The summed E-state index contributed by atoms with van der Waals surface area (Å²) >= 11 is 0. The number of fused-ring (bicyclic) bond motifs is 1. The van der Waals surface area contributed by atoms with Crippen LogP contribution in [0.4, 0.5) is 0 Å². The number of phenols is 1. The van der Waals surface area contributed by atoms with Crippen molar-refractivity contribution in [2.75, 3.05) is 0 Å². The van der Waals surface area contributed by atoms with E-state index in [1.807, 2.05) is 25.1 Å². The van der Waals surface area contributed by atoms with Gasteiger partial charge in [-0.15, -0.1) is 0 Å². The zero-order valence-electron chi connectivity index (χ0n) is 7.94. The second-order valence-corrected chi connectivity index (χ2v) is 3.36. The molecule has 0 saturated carbocycles. The molecule has 1 heterocycles. The third-order valence-corrected chi connectivity index (χ3v) is 2.23. The van der Waals surface area contributed by atoms with E-state index in [0.717, 1.165) is 16.5 Å². The molecule has 3 heteroatoms. The molecular weight excluding hydrogens is 176 g/mol. The highest BCUT2D eigenvalue weighted by Crippen LogP contribution is 2.28. The van der Waals surface area contributed by atoms with E-state index >= 15 is 0 Å². The number of benzene rings is 1. The predicted octanol–water partition coefficient (Wildman–Crippen LogP) is 1.96. The summed E-state index contributed by atoms with van der Waals surface area (Å²) in [4.78, 5) is 4.18. The highest BCUT2D eigenvalue weighted by Gasteiger charge is 2.09. The Labute approximate surface area is 82.2 Å². The van der Waals surface area contributed by atoms with Crippen LogP contribution in [0.2, 0.25) is 0 Å². The van der Waals surface area contributed by atoms with Crippen molar-refractivity contribution in [2.45, 2.75) is 13.0 Å². The lowest BCUT2D eigenvalue weighted by atomic mass is 10.1. The summed E-state index contributed by atoms with van der Waals surface area (Å²) in [6.07, 6.45) is 1.71. The van der Waals surface area contributed by atoms with E-state index in [4.69, 9.17) is 5.73 Å². The Balaban J connectivity index is 2.84. The minimum absolute atomic E-state index is 0.174. The van der Waals surface area contributed by atoms with Crippen molar-refractivity contribution in [2.24, 2.45) is 5.73 Å². The van der Waals surface area contributed by atoms with Gasteiger partial charge in [-0.1, -0.05) is 12.1 Å². The van der Waals surface area contributed by atoms with Crippen molar-refractivity contribution in [3.8, 4) is 5.75 Å². The van der Waals surface area contributed by atoms with E-state index in [0.29, 0.717) is 0 Å². The van der Waals surface area contributed by atoms with Crippen LogP contribution in [0.15, 0.2) is 30.5 Å². The number of nitrogens with zero attached hydrogens (tertiary/aromatic N) is 1. The average molecular weight is 188 g/mol. The van der Waals surface area contributed by atoms with Crippen LogP contribution in [0.25, 0.3) is 10.8 Å². The fourth-order valence-electron chi connectivity index (χ4n) is 1.58. The molecule has 0 aliphatic carbocycles. The van der Waals surface area contributed by atoms with Crippen LogP contribution >= 0.6 is 0 Å². The van der Waals surface area contributed by atoms with Gasteiger partial charge in [0.1, 0.15) is 5.75 Å². The van der Waals surface area contributed by atoms with Gasteiger partial charge in [-0.05, 0) is 24.4 Å². The van der Waals surface area contributed by atoms with Crippen molar-refractivity contribution in [1.82, 2.24) is 4.98 Å². The van der Waals surface area contributed by atoms with Crippen LogP contribution in [0.3, 0.4) is 0 Å². The second kappa shape index (κ2) is 3.27. The maximum atomic E-state index is 9.71.